The van der Waals surface area contributed by atoms with Crippen molar-refractivity contribution in [3.63, 3.8) is 0 Å². The number of hydrogen-bond donors (Lipinski definition) is 3. The minimum atomic E-state index is -0.502. The van der Waals surface area contributed by atoms with Crippen molar-refractivity contribution in [2.24, 2.45) is 4.99 Å². The monoisotopic (exact) mass is 483 g/mol. The fourth-order valence-corrected chi connectivity index (χ4v) is 2.91. The second-order valence-electron chi connectivity index (χ2n) is 8.24. The molecule has 1 heterocycles. The Balaban J connectivity index is 0.00000625. The lowest BCUT2D eigenvalue weighted by Gasteiger charge is -2.30. The van der Waals surface area contributed by atoms with Crippen LogP contribution in [-0.2, 0) is 4.74 Å². The molecule has 154 valence electrons. The fraction of sp³-hybridized carbons (Fsp3) is 0.889. The number of nitrogens with zero attached hydrogens (tertiary/aromatic N) is 2. The first-order valence-corrected chi connectivity index (χ1v) is 9.26. The summed E-state index contributed by atoms with van der Waals surface area (Å²) >= 11 is 0. The molecule has 1 fully saturated rings. The fourth-order valence-electron chi connectivity index (χ4n) is 2.91. The second-order valence-corrected chi connectivity index (χ2v) is 8.24. The highest BCUT2D eigenvalue weighted by Crippen LogP contribution is 2.15. The highest BCUT2D eigenvalue weighted by atomic mass is 127. The molecule has 0 bridgehead atoms. The highest BCUT2D eigenvalue weighted by Gasteiger charge is 2.26. The van der Waals surface area contributed by atoms with Crippen LogP contribution in [0.2, 0.25) is 0 Å². The molecule has 1 rings (SSSR count). The van der Waals surface area contributed by atoms with Gasteiger partial charge in [-0.25, -0.2) is 4.79 Å². The Labute approximate surface area is 176 Å². The van der Waals surface area contributed by atoms with Crippen molar-refractivity contribution in [3.05, 3.63) is 0 Å². The molecule has 0 aromatic heterocycles. The summed E-state index contributed by atoms with van der Waals surface area (Å²) in [6.45, 7) is 15.4. The number of carbonyl (C=O) groups is 1. The smallest absolute Gasteiger partial charge is 0.408 e. The second kappa shape index (κ2) is 11.2. The number of guanidine groups is 1. The van der Waals surface area contributed by atoms with Crippen molar-refractivity contribution >= 4 is 36.0 Å². The van der Waals surface area contributed by atoms with Crippen LogP contribution in [0.5, 0.6) is 0 Å². The van der Waals surface area contributed by atoms with Gasteiger partial charge in [0.2, 0.25) is 0 Å². The standard InChI is InChI=1S/C18H37N5O2.HI/c1-8-23-11-9-10-14(23)12-20-15(19-7)21-13-18(5,6)22-16(24)25-17(2,3)4;/h14H,8-13H2,1-7H3,(H,22,24)(H2,19,20,21);1H. The van der Waals surface area contributed by atoms with Crippen molar-refractivity contribution in [1.82, 2.24) is 20.9 Å². The number of nitrogens with one attached hydrogen (secondary N) is 3. The van der Waals surface area contributed by atoms with Gasteiger partial charge >= 0.3 is 6.09 Å². The average molecular weight is 483 g/mol. The molecule has 0 aromatic carbocycles. The summed E-state index contributed by atoms with van der Waals surface area (Å²) in [5.74, 6) is 0.752. The molecule has 3 N–H and O–H groups in total. The molecule has 1 aliphatic rings. The maximum Gasteiger partial charge on any atom is 0.408 e. The maximum absolute atomic E-state index is 11.9. The van der Waals surface area contributed by atoms with Crippen LogP contribution in [0.25, 0.3) is 0 Å². The van der Waals surface area contributed by atoms with Gasteiger partial charge in [0.05, 0.1) is 5.54 Å². The van der Waals surface area contributed by atoms with Gasteiger partial charge < -0.3 is 20.7 Å². The van der Waals surface area contributed by atoms with E-state index in [9.17, 15) is 4.79 Å². The Hall–Kier alpha value is -0.770. The van der Waals surface area contributed by atoms with Gasteiger partial charge in [0.1, 0.15) is 5.60 Å². The Morgan fingerprint density at radius 1 is 1.23 bits per heavy atom. The molecule has 1 atom stereocenters. The van der Waals surface area contributed by atoms with Crippen LogP contribution in [0.3, 0.4) is 0 Å². The SMILES string of the molecule is CCN1CCCC1CNC(=NC)NCC(C)(C)NC(=O)OC(C)(C)C.I. The van der Waals surface area contributed by atoms with E-state index in [4.69, 9.17) is 4.74 Å². The first-order chi connectivity index (χ1) is 11.6. The van der Waals surface area contributed by atoms with E-state index in [1.807, 2.05) is 34.6 Å². The normalized spacial score (nSPS) is 18.9. The molecule has 0 saturated carbocycles. The quantitative estimate of drug-likeness (QED) is 0.308. The van der Waals surface area contributed by atoms with Crippen LogP contribution in [-0.4, -0.2) is 67.4 Å². The summed E-state index contributed by atoms with van der Waals surface area (Å²) in [6.07, 6.45) is 2.08. The van der Waals surface area contributed by atoms with E-state index in [1.165, 1.54) is 19.4 Å². The first-order valence-electron chi connectivity index (χ1n) is 9.26. The maximum atomic E-state index is 11.9. The summed E-state index contributed by atoms with van der Waals surface area (Å²) in [6, 6.07) is 0.566. The van der Waals surface area contributed by atoms with E-state index in [0.717, 1.165) is 19.0 Å². The van der Waals surface area contributed by atoms with Crippen LogP contribution in [0.15, 0.2) is 4.99 Å². The zero-order chi connectivity index (χ0) is 19.1. The van der Waals surface area contributed by atoms with E-state index in [-0.39, 0.29) is 24.0 Å². The van der Waals surface area contributed by atoms with Gasteiger partial charge in [-0.05, 0) is 60.5 Å². The molecule has 1 aliphatic heterocycles. The van der Waals surface area contributed by atoms with Crippen LogP contribution >= 0.6 is 24.0 Å². The Morgan fingerprint density at radius 3 is 2.42 bits per heavy atom. The summed E-state index contributed by atoms with van der Waals surface area (Å²) in [4.78, 5) is 18.7. The van der Waals surface area contributed by atoms with Gasteiger partial charge in [0.15, 0.2) is 5.96 Å². The largest absolute Gasteiger partial charge is 0.444 e. The van der Waals surface area contributed by atoms with Crippen molar-refractivity contribution in [2.75, 3.05) is 33.2 Å². The molecule has 8 heteroatoms. The van der Waals surface area contributed by atoms with Gasteiger partial charge in [-0.15, -0.1) is 24.0 Å². The van der Waals surface area contributed by atoms with Crippen molar-refractivity contribution < 1.29 is 9.53 Å². The number of ether oxygens (including phenoxy) is 1. The van der Waals surface area contributed by atoms with Crippen LogP contribution in [0.4, 0.5) is 4.79 Å². The number of carbonyl (C=O) groups excluding carboxylic acids is 1. The van der Waals surface area contributed by atoms with Gasteiger partial charge in [0.25, 0.3) is 0 Å². The highest BCUT2D eigenvalue weighted by molar-refractivity contribution is 14.0. The van der Waals surface area contributed by atoms with Crippen LogP contribution < -0.4 is 16.0 Å². The Bertz CT molecular complexity index is 463. The molecular weight excluding hydrogens is 445 g/mol. The minimum absolute atomic E-state index is 0. The molecule has 1 unspecified atom stereocenters. The Morgan fingerprint density at radius 2 is 1.88 bits per heavy atom. The van der Waals surface area contributed by atoms with E-state index >= 15 is 0 Å². The molecule has 0 spiro atoms. The summed E-state index contributed by atoms with van der Waals surface area (Å²) < 4.78 is 5.32. The number of halogens is 1. The number of likely N-dealkylation sites (N-methyl/N-ethyl adjacent to an activating group) is 1. The molecule has 0 aliphatic carbocycles. The van der Waals surface area contributed by atoms with E-state index in [2.05, 4.69) is 32.8 Å². The zero-order valence-corrected chi connectivity index (χ0v) is 19.8. The van der Waals surface area contributed by atoms with Gasteiger partial charge in [-0.3, -0.25) is 9.89 Å². The van der Waals surface area contributed by atoms with E-state index < -0.39 is 17.2 Å². The number of aliphatic imine (C=N–C) groups is 1. The van der Waals surface area contributed by atoms with Gasteiger partial charge in [-0.1, -0.05) is 6.92 Å². The average Bonchev–Trinajstić information content (AvgIpc) is 2.92. The first kappa shape index (κ1) is 25.2. The topological polar surface area (TPSA) is 78.0 Å². The third-order valence-corrected chi connectivity index (χ3v) is 4.17. The number of amides is 1. The van der Waals surface area contributed by atoms with Crippen LogP contribution in [0.1, 0.15) is 54.4 Å². The van der Waals surface area contributed by atoms with Crippen molar-refractivity contribution in [2.45, 2.75) is 71.6 Å². The van der Waals surface area contributed by atoms with E-state index in [0.29, 0.717) is 12.6 Å². The molecule has 0 radical (unpaired) electrons. The molecule has 7 nitrogen and oxygen atoms in total. The van der Waals surface area contributed by atoms with Crippen LogP contribution in [0, 0.1) is 0 Å². The predicted octanol–water partition coefficient (Wildman–Crippen LogP) is 2.56. The number of hydrogen-bond acceptors (Lipinski definition) is 4. The Kier molecular flexibility index (Phi) is 10.8. The molecule has 1 amide bonds. The van der Waals surface area contributed by atoms with Gasteiger partial charge in [0, 0.05) is 26.2 Å². The molecule has 0 aromatic rings. The van der Waals surface area contributed by atoms with Crippen molar-refractivity contribution in [1.29, 1.82) is 0 Å². The lowest BCUT2D eigenvalue weighted by molar-refractivity contribution is 0.0474. The van der Waals surface area contributed by atoms with Gasteiger partial charge in [-0.2, -0.15) is 0 Å². The minimum Gasteiger partial charge on any atom is -0.444 e. The zero-order valence-electron chi connectivity index (χ0n) is 17.4. The third-order valence-electron chi connectivity index (χ3n) is 4.17. The predicted molar refractivity (Wildman–Crippen MR) is 118 cm³/mol. The van der Waals surface area contributed by atoms with Crippen molar-refractivity contribution in [3.8, 4) is 0 Å². The number of likely N-dealkylation sites (tertiary alicyclic amines) is 1. The lowest BCUT2D eigenvalue weighted by atomic mass is 10.1. The van der Waals surface area contributed by atoms with E-state index in [1.54, 1.807) is 7.05 Å². The summed E-state index contributed by atoms with van der Waals surface area (Å²) in [7, 11) is 1.76. The number of rotatable bonds is 6. The summed E-state index contributed by atoms with van der Waals surface area (Å²) in [5.41, 5.74) is -0.958. The lowest BCUT2D eigenvalue weighted by Crippen LogP contribution is -2.54. The summed E-state index contributed by atoms with van der Waals surface area (Å²) in [5, 5.41) is 9.57. The third kappa shape index (κ3) is 9.80. The molecular formula is C18H38IN5O2. The molecule has 26 heavy (non-hydrogen) atoms. The molecule has 1 saturated heterocycles. The number of alkyl carbamates (subject to hydrolysis) is 1.